The molecule has 0 radical (unpaired) electrons. The summed E-state index contributed by atoms with van der Waals surface area (Å²) >= 11 is 1.75. The minimum atomic E-state index is -0.222. The number of nitrogens with two attached hydrogens (primary N) is 1. The Balaban J connectivity index is 1.64. The lowest BCUT2D eigenvalue weighted by molar-refractivity contribution is 0.622. The summed E-state index contributed by atoms with van der Waals surface area (Å²) in [5.41, 5.74) is 9.97. The van der Waals surface area contributed by atoms with E-state index in [0.29, 0.717) is 0 Å². The highest BCUT2D eigenvalue weighted by Gasteiger charge is 2.12. The van der Waals surface area contributed by atoms with Crippen molar-refractivity contribution in [1.29, 1.82) is 0 Å². The monoisotopic (exact) mass is 287 g/mol. The van der Waals surface area contributed by atoms with E-state index in [2.05, 4.69) is 18.2 Å². The first-order valence-electron chi connectivity index (χ1n) is 6.98. The standard InChI is InChI=1S/C17H18FNS/c18-15-6-2-5-14(9-15)17(19)11-20-16-8-7-12-3-1-4-13(12)10-16/h2,5-10,17H,1,3-4,11,19H2. The molecular weight excluding hydrogens is 269 g/mol. The zero-order chi connectivity index (χ0) is 13.9. The lowest BCUT2D eigenvalue weighted by atomic mass is 10.1. The van der Waals surface area contributed by atoms with Gasteiger partial charge in [0.15, 0.2) is 0 Å². The highest BCUT2D eigenvalue weighted by molar-refractivity contribution is 7.99. The summed E-state index contributed by atoms with van der Waals surface area (Å²) in [6.45, 7) is 0. The molecule has 0 saturated carbocycles. The fraction of sp³-hybridized carbons (Fsp3) is 0.294. The highest BCUT2D eigenvalue weighted by Crippen LogP contribution is 2.29. The number of thioether (sulfide) groups is 1. The first-order chi connectivity index (χ1) is 9.72. The van der Waals surface area contributed by atoms with Gasteiger partial charge in [-0.2, -0.15) is 0 Å². The minimum Gasteiger partial charge on any atom is -0.323 e. The molecule has 0 heterocycles. The Labute approximate surface area is 123 Å². The van der Waals surface area contributed by atoms with E-state index in [4.69, 9.17) is 5.73 Å². The molecule has 2 aromatic carbocycles. The van der Waals surface area contributed by atoms with Gasteiger partial charge in [-0.05, 0) is 60.2 Å². The molecule has 104 valence electrons. The SMILES string of the molecule is NC(CSc1ccc2c(c1)CCC2)c1cccc(F)c1. The summed E-state index contributed by atoms with van der Waals surface area (Å²) in [6.07, 6.45) is 3.68. The zero-order valence-corrected chi connectivity index (χ0v) is 12.1. The van der Waals surface area contributed by atoms with E-state index in [9.17, 15) is 4.39 Å². The van der Waals surface area contributed by atoms with Crippen LogP contribution >= 0.6 is 11.8 Å². The molecule has 20 heavy (non-hydrogen) atoms. The van der Waals surface area contributed by atoms with Gasteiger partial charge in [0, 0.05) is 16.7 Å². The van der Waals surface area contributed by atoms with Gasteiger partial charge in [0.2, 0.25) is 0 Å². The van der Waals surface area contributed by atoms with E-state index in [1.165, 1.54) is 47.4 Å². The molecule has 1 nitrogen and oxygen atoms in total. The van der Waals surface area contributed by atoms with Crippen LogP contribution in [0.1, 0.15) is 29.2 Å². The maximum atomic E-state index is 13.2. The van der Waals surface area contributed by atoms with Crippen molar-refractivity contribution in [1.82, 2.24) is 0 Å². The fourth-order valence-corrected chi connectivity index (χ4v) is 3.61. The second-order valence-corrected chi connectivity index (χ2v) is 6.35. The number of rotatable bonds is 4. The number of fused-ring (bicyclic) bond motifs is 1. The van der Waals surface area contributed by atoms with Gasteiger partial charge in [0.1, 0.15) is 5.82 Å². The number of hydrogen-bond donors (Lipinski definition) is 1. The van der Waals surface area contributed by atoms with Crippen LogP contribution in [-0.2, 0) is 12.8 Å². The van der Waals surface area contributed by atoms with Crippen LogP contribution in [0.15, 0.2) is 47.4 Å². The minimum absolute atomic E-state index is 0.135. The predicted molar refractivity (Wildman–Crippen MR) is 82.5 cm³/mol. The third-order valence-corrected chi connectivity index (χ3v) is 4.89. The van der Waals surface area contributed by atoms with Crippen LogP contribution in [0.3, 0.4) is 0 Å². The van der Waals surface area contributed by atoms with Crippen molar-refractivity contribution in [2.75, 3.05) is 5.75 Å². The Morgan fingerprint density at radius 2 is 1.95 bits per heavy atom. The molecule has 1 aliphatic carbocycles. The average molecular weight is 287 g/mol. The van der Waals surface area contributed by atoms with Crippen LogP contribution < -0.4 is 5.73 Å². The Morgan fingerprint density at radius 1 is 1.10 bits per heavy atom. The molecule has 2 N–H and O–H groups in total. The quantitative estimate of drug-likeness (QED) is 0.857. The third-order valence-electron chi connectivity index (χ3n) is 3.78. The van der Waals surface area contributed by atoms with Crippen LogP contribution in [0, 0.1) is 5.82 Å². The third kappa shape index (κ3) is 3.05. The normalized spacial score (nSPS) is 15.1. The molecule has 1 unspecified atom stereocenters. The lowest BCUT2D eigenvalue weighted by Gasteiger charge is -2.12. The van der Waals surface area contributed by atoms with Gasteiger partial charge in [-0.15, -0.1) is 11.8 Å². The summed E-state index contributed by atoms with van der Waals surface area (Å²) in [5.74, 6) is 0.544. The topological polar surface area (TPSA) is 26.0 Å². The van der Waals surface area contributed by atoms with Crippen molar-refractivity contribution >= 4 is 11.8 Å². The van der Waals surface area contributed by atoms with E-state index < -0.39 is 0 Å². The summed E-state index contributed by atoms with van der Waals surface area (Å²) in [5, 5.41) is 0. The number of hydrogen-bond acceptors (Lipinski definition) is 2. The van der Waals surface area contributed by atoms with E-state index >= 15 is 0 Å². The molecule has 0 spiro atoms. The van der Waals surface area contributed by atoms with Crippen molar-refractivity contribution < 1.29 is 4.39 Å². The van der Waals surface area contributed by atoms with Crippen molar-refractivity contribution in [3.63, 3.8) is 0 Å². The maximum absolute atomic E-state index is 13.2. The van der Waals surface area contributed by atoms with Crippen LogP contribution in [0.4, 0.5) is 4.39 Å². The first kappa shape index (κ1) is 13.7. The largest absolute Gasteiger partial charge is 0.323 e. The van der Waals surface area contributed by atoms with Crippen molar-refractivity contribution in [3.8, 4) is 0 Å². The Bertz CT molecular complexity index is 612. The molecule has 0 bridgehead atoms. The van der Waals surface area contributed by atoms with E-state index in [-0.39, 0.29) is 11.9 Å². The highest BCUT2D eigenvalue weighted by atomic mass is 32.2. The van der Waals surface area contributed by atoms with Gasteiger partial charge >= 0.3 is 0 Å². The van der Waals surface area contributed by atoms with E-state index in [0.717, 1.165) is 11.3 Å². The van der Waals surface area contributed by atoms with Gasteiger partial charge in [0.05, 0.1) is 0 Å². The summed E-state index contributed by atoms with van der Waals surface area (Å²) < 4.78 is 13.2. The van der Waals surface area contributed by atoms with Crippen LogP contribution in [-0.4, -0.2) is 5.75 Å². The van der Waals surface area contributed by atoms with E-state index in [1.54, 1.807) is 17.8 Å². The molecule has 1 atom stereocenters. The zero-order valence-electron chi connectivity index (χ0n) is 11.3. The van der Waals surface area contributed by atoms with Gasteiger partial charge in [0.25, 0.3) is 0 Å². The van der Waals surface area contributed by atoms with Crippen molar-refractivity contribution in [2.24, 2.45) is 5.73 Å². The second-order valence-electron chi connectivity index (χ2n) is 5.26. The van der Waals surface area contributed by atoms with Crippen molar-refractivity contribution in [3.05, 3.63) is 65.0 Å². The second kappa shape index (κ2) is 5.98. The smallest absolute Gasteiger partial charge is 0.123 e. The van der Waals surface area contributed by atoms with Crippen LogP contribution in [0.5, 0.6) is 0 Å². The maximum Gasteiger partial charge on any atom is 0.123 e. The van der Waals surface area contributed by atoms with Gasteiger partial charge in [-0.25, -0.2) is 4.39 Å². The van der Waals surface area contributed by atoms with E-state index in [1.807, 2.05) is 6.07 Å². The number of benzene rings is 2. The molecule has 0 amide bonds. The first-order valence-corrected chi connectivity index (χ1v) is 7.96. The Morgan fingerprint density at radius 3 is 2.80 bits per heavy atom. The lowest BCUT2D eigenvalue weighted by Crippen LogP contribution is -2.13. The van der Waals surface area contributed by atoms with Gasteiger partial charge in [-0.3, -0.25) is 0 Å². The molecule has 1 aliphatic rings. The molecule has 2 aromatic rings. The van der Waals surface area contributed by atoms with Gasteiger partial charge < -0.3 is 5.73 Å². The molecular formula is C17H18FNS. The van der Waals surface area contributed by atoms with Crippen LogP contribution in [0.25, 0.3) is 0 Å². The number of aryl methyl sites for hydroxylation is 2. The fourth-order valence-electron chi connectivity index (χ4n) is 2.66. The molecule has 0 saturated heterocycles. The van der Waals surface area contributed by atoms with Gasteiger partial charge in [-0.1, -0.05) is 18.2 Å². The molecule has 0 fully saturated rings. The molecule has 3 rings (SSSR count). The summed E-state index contributed by atoms with van der Waals surface area (Å²) in [4.78, 5) is 1.26. The molecule has 0 aliphatic heterocycles. The number of halogens is 1. The average Bonchev–Trinajstić information content (AvgIpc) is 2.92. The summed E-state index contributed by atoms with van der Waals surface area (Å²) in [7, 11) is 0. The molecule has 0 aromatic heterocycles. The van der Waals surface area contributed by atoms with Crippen molar-refractivity contribution in [2.45, 2.75) is 30.2 Å². The predicted octanol–water partition coefficient (Wildman–Crippen LogP) is 4.11. The molecule has 3 heteroatoms. The Kier molecular flexibility index (Phi) is 4.08. The Hall–Kier alpha value is -1.32. The van der Waals surface area contributed by atoms with Crippen LogP contribution in [0.2, 0.25) is 0 Å². The summed E-state index contributed by atoms with van der Waals surface area (Å²) in [6, 6.07) is 13.1.